The number of benzene rings is 1. The number of rotatable bonds is 6. The Kier molecular flexibility index (Phi) is 5.68. The second-order valence-electron chi connectivity index (χ2n) is 6.46. The van der Waals surface area contributed by atoms with Gasteiger partial charge in [0.1, 0.15) is 18.0 Å². The fraction of sp³-hybridized carbons (Fsp3) is 0.444. The van der Waals surface area contributed by atoms with Gasteiger partial charge in [-0.3, -0.25) is 0 Å². The van der Waals surface area contributed by atoms with E-state index in [-0.39, 0.29) is 0 Å². The minimum atomic E-state index is 0.458. The summed E-state index contributed by atoms with van der Waals surface area (Å²) in [5.74, 6) is 1.84. The van der Waals surface area contributed by atoms with Crippen molar-refractivity contribution in [3.8, 4) is 0 Å². The predicted molar refractivity (Wildman–Crippen MR) is 103 cm³/mol. The van der Waals surface area contributed by atoms with Crippen LogP contribution in [0.25, 0.3) is 0 Å². The van der Waals surface area contributed by atoms with Gasteiger partial charge >= 0.3 is 0 Å². The van der Waals surface area contributed by atoms with Crippen LogP contribution in [0.1, 0.15) is 12.0 Å². The van der Waals surface area contributed by atoms with Gasteiger partial charge in [-0.25, -0.2) is 9.97 Å². The smallest absolute Gasteiger partial charge is 0.133 e. The third kappa shape index (κ3) is 4.68. The standard InChI is InChI=1S/C18H24BrN5/c1-23(2)18-11-17(20-13-21-18)22-16-8-10-24(12-16)9-7-14-3-5-15(19)6-4-14/h3-6,11,13,16H,7-10,12H2,1-2H3,(H,20,21,22). The first-order chi connectivity index (χ1) is 11.6. The van der Waals surface area contributed by atoms with Crippen molar-refractivity contribution < 1.29 is 0 Å². The van der Waals surface area contributed by atoms with Crippen LogP contribution in [0.2, 0.25) is 0 Å². The van der Waals surface area contributed by atoms with Gasteiger partial charge in [0.25, 0.3) is 0 Å². The van der Waals surface area contributed by atoms with E-state index < -0.39 is 0 Å². The summed E-state index contributed by atoms with van der Waals surface area (Å²) in [4.78, 5) is 13.1. The van der Waals surface area contributed by atoms with Gasteiger partial charge in [0.2, 0.25) is 0 Å². The lowest BCUT2D eigenvalue weighted by Gasteiger charge is -2.18. The molecule has 1 fully saturated rings. The molecule has 3 rings (SSSR count). The molecule has 1 aliphatic heterocycles. The van der Waals surface area contributed by atoms with E-state index in [2.05, 4.69) is 60.4 Å². The van der Waals surface area contributed by atoms with Crippen LogP contribution in [-0.2, 0) is 6.42 Å². The second-order valence-corrected chi connectivity index (χ2v) is 7.38. The molecule has 0 aliphatic carbocycles. The van der Waals surface area contributed by atoms with Crippen LogP contribution in [0.3, 0.4) is 0 Å². The van der Waals surface area contributed by atoms with Crippen molar-refractivity contribution in [1.82, 2.24) is 14.9 Å². The summed E-state index contributed by atoms with van der Waals surface area (Å²) in [5.41, 5.74) is 1.39. The van der Waals surface area contributed by atoms with Gasteiger partial charge in [-0.15, -0.1) is 0 Å². The van der Waals surface area contributed by atoms with E-state index in [1.165, 1.54) is 5.56 Å². The minimum absolute atomic E-state index is 0.458. The Bertz CT molecular complexity index is 659. The molecule has 6 heteroatoms. The summed E-state index contributed by atoms with van der Waals surface area (Å²) in [6, 6.07) is 11.1. The van der Waals surface area contributed by atoms with E-state index in [0.29, 0.717) is 6.04 Å². The first-order valence-electron chi connectivity index (χ1n) is 8.33. The van der Waals surface area contributed by atoms with E-state index in [1.54, 1.807) is 6.33 Å². The third-order valence-electron chi connectivity index (χ3n) is 4.37. The molecule has 2 aromatic rings. The molecule has 24 heavy (non-hydrogen) atoms. The molecule has 1 atom stereocenters. The summed E-state index contributed by atoms with van der Waals surface area (Å²) in [7, 11) is 3.98. The van der Waals surface area contributed by atoms with E-state index in [0.717, 1.165) is 48.6 Å². The van der Waals surface area contributed by atoms with Gasteiger partial charge in [0.15, 0.2) is 0 Å². The number of aromatic nitrogens is 2. The van der Waals surface area contributed by atoms with Crippen molar-refractivity contribution in [3.05, 3.63) is 46.7 Å². The molecule has 1 N–H and O–H groups in total. The Morgan fingerprint density at radius 3 is 2.79 bits per heavy atom. The molecular weight excluding hydrogens is 366 g/mol. The molecule has 1 unspecified atom stereocenters. The molecule has 0 amide bonds. The van der Waals surface area contributed by atoms with Crippen LogP contribution < -0.4 is 10.2 Å². The summed E-state index contributed by atoms with van der Waals surface area (Å²) < 4.78 is 1.14. The van der Waals surface area contributed by atoms with Crippen LogP contribution in [0, 0.1) is 0 Å². The second kappa shape index (κ2) is 7.94. The molecule has 1 aliphatic rings. The molecule has 1 saturated heterocycles. The van der Waals surface area contributed by atoms with Crippen molar-refractivity contribution in [2.45, 2.75) is 18.9 Å². The molecule has 1 aromatic carbocycles. The quantitative estimate of drug-likeness (QED) is 0.822. The SMILES string of the molecule is CN(C)c1cc(NC2CCN(CCc3ccc(Br)cc3)C2)ncn1. The number of halogens is 1. The normalized spacial score (nSPS) is 17.9. The van der Waals surface area contributed by atoms with Gasteiger partial charge in [-0.2, -0.15) is 0 Å². The average Bonchev–Trinajstić information content (AvgIpc) is 3.02. The lowest BCUT2D eigenvalue weighted by atomic mass is 10.1. The number of anilines is 2. The summed E-state index contributed by atoms with van der Waals surface area (Å²) in [5, 5.41) is 3.55. The molecule has 5 nitrogen and oxygen atoms in total. The fourth-order valence-electron chi connectivity index (χ4n) is 2.97. The minimum Gasteiger partial charge on any atom is -0.366 e. The maximum atomic E-state index is 4.34. The highest BCUT2D eigenvalue weighted by Crippen LogP contribution is 2.18. The van der Waals surface area contributed by atoms with Crippen LogP contribution in [-0.4, -0.2) is 54.6 Å². The molecule has 0 saturated carbocycles. The van der Waals surface area contributed by atoms with Crippen LogP contribution >= 0.6 is 15.9 Å². The molecule has 0 radical (unpaired) electrons. The Morgan fingerprint density at radius 2 is 2.04 bits per heavy atom. The highest BCUT2D eigenvalue weighted by molar-refractivity contribution is 9.10. The summed E-state index contributed by atoms with van der Waals surface area (Å²) >= 11 is 3.48. The van der Waals surface area contributed by atoms with Gasteiger partial charge in [0, 0.05) is 50.3 Å². The Labute approximate surface area is 152 Å². The van der Waals surface area contributed by atoms with E-state index in [9.17, 15) is 0 Å². The number of hydrogen-bond acceptors (Lipinski definition) is 5. The highest BCUT2D eigenvalue weighted by Gasteiger charge is 2.22. The van der Waals surface area contributed by atoms with Crippen molar-refractivity contribution in [3.63, 3.8) is 0 Å². The van der Waals surface area contributed by atoms with Crippen LogP contribution in [0.15, 0.2) is 41.1 Å². The lowest BCUT2D eigenvalue weighted by molar-refractivity contribution is 0.340. The van der Waals surface area contributed by atoms with Gasteiger partial charge in [-0.1, -0.05) is 28.1 Å². The maximum absolute atomic E-state index is 4.34. The number of nitrogens with zero attached hydrogens (tertiary/aromatic N) is 4. The fourth-order valence-corrected chi connectivity index (χ4v) is 3.24. The molecule has 0 bridgehead atoms. The monoisotopic (exact) mass is 389 g/mol. The lowest BCUT2D eigenvalue weighted by Crippen LogP contribution is -2.28. The zero-order valence-corrected chi connectivity index (χ0v) is 15.8. The molecule has 0 spiro atoms. The number of likely N-dealkylation sites (tertiary alicyclic amines) is 1. The predicted octanol–water partition coefficient (Wildman–Crippen LogP) is 3.03. The van der Waals surface area contributed by atoms with Crippen molar-refractivity contribution in [1.29, 1.82) is 0 Å². The Morgan fingerprint density at radius 1 is 1.25 bits per heavy atom. The zero-order chi connectivity index (χ0) is 16.9. The third-order valence-corrected chi connectivity index (χ3v) is 4.89. The molecule has 1 aromatic heterocycles. The van der Waals surface area contributed by atoms with E-state index in [4.69, 9.17) is 0 Å². The van der Waals surface area contributed by atoms with Crippen molar-refractivity contribution in [2.24, 2.45) is 0 Å². The van der Waals surface area contributed by atoms with Crippen LogP contribution in [0.5, 0.6) is 0 Å². The zero-order valence-electron chi connectivity index (χ0n) is 14.2. The molecular formula is C18H24BrN5. The highest BCUT2D eigenvalue weighted by atomic mass is 79.9. The van der Waals surface area contributed by atoms with Gasteiger partial charge in [-0.05, 0) is 30.5 Å². The number of nitrogens with one attached hydrogen (secondary N) is 1. The maximum Gasteiger partial charge on any atom is 0.133 e. The van der Waals surface area contributed by atoms with E-state index in [1.807, 2.05) is 25.1 Å². The van der Waals surface area contributed by atoms with Crippen LogP contribution in [0.4, 0.5) is 11.6 Å². The topological polar surface area (TPSA) is 44.3 Å². The first kappa shape index (κ1) is 17.2. The number of hydrogen-bond donors (Lipinski definition) is 1. The molecule has 128 valence electrons. The van der Waals surface area contributed by atoms with Crippen molar-refractivity contribution >= 4 is 27.6 Å². The average molecular weight is 390 g/mol. The first-order valence-corrected chi connectivity index (χ1v) is 9.12. The molecule has 2 heterocycles. The summed E-state index contributed by atoms with van der Waals surface area (Å²) in [6.07, 6.45) is 3.87. The van der Waals surface area contributed by atoms with E-state index >= 15 is 0 Å². The largest absolute Gasteiger partial charge is 0.366 e. The van der Waals surface area contributed by atoms with Gasteiger partial charge < -0.3 is 15.1 Å². The summed E-state index contributed by atoms with van der Waals surface area (Å²) in [6.45, 7) is 3.31. The Hall–Kier alpha value is -1.66. The Balaban J connectivity index is 1.48. The van der Waals surface area contributed by atoms with Gasteiger partial charge in [0.05, 0.1) is 0 Å². The van der Waals surface area contributed by atoms with Crippen molar-refractivity contribution in [2.75, 3.05) is 43.9 Å².